The summed E-state index contributed by atoms with van der Waals surface area (Å²) in [6.45, 7) is 3.25. The Balaban J connectivity index is 1.33. The molecule has 30 heavy (non-hydrogen) atoms. The van der Waals surface area contributed by atoms with Gasteiger partial charge in [0.25, 0.3) is 0 Å². The number of fused-ring (bicyclic) bond motifs is 1. The molecule has 2 aliphatic carbocycles. The molecule has 2 saturated carbocycles. The summed E-state index contributed by atoms with van der Waals surface area (Å²) in [6, 6.07) is 8.02. The molecule has 0 N–H and O–H groups in total. The van der Waals surface area contributed by atoms with Crippen LogP contribution in [0.5, 0.6) is 0 Å². The Bertz CT molecular complexity index is 920. The zero-order valence-electron chi connectivity index (χ0n) is 17.4. The first-order valence-corrected chi connectivity index (χ1v) is 10.9. The smallest absolute Gasteiger partial charge is 0.142 e. The minimum Gasteiger partial charge on any atom is -0.378 e. The lowest BCUT2D eigenvalue weighted by Crippen LogP contribution is -2.38. The lowest BCUT2D eigenvalue weighted by atomic mass is 9.77. The fraction of sp³-hybridized carbons (Fsp3) is 0.636. The second-order valence-corrected chi connectivity index (χ2v) is 8.89. The van der Waals surface area contributed by atoms with Crippen LogP contribution in [0.2, 0.25) is 0 Å². The third-order valence-electron chi connectivity index (χ3n) is 6.69. The number of nitrogens with zero attached hydrogens (tertiary/aromatic N) is 6. The molecule has 1 saturated heterocycles. The van der Waals surface area contributed by atoms with Crippen molar-refractivity contribution in [1.82, 2.24) is 20.0 Å². The summed E-state index contributed by atoms with van der Waals surface area (Å²) in [5.41, 5.74) is 1.32. The maximum Gasteiger partial charge on any atom is 0.142 e. The van der Waals surface area contributed by atoms with E-state index in [4.69, 9.17) is 9.47 Å². The third kappa shape index (κ3) is 4.05. The molecule has 3 fully saturated rings. The molecule has 0 unspecified atom stereocenters. The number of anilines is 1. The van der Waals surface area contributed by atoms with Crippen LogP contribution in [-0.4, -0.2) is 52.9 Å². The molecule has 8 heteroatoms. The van der Waals surface area contributed by atoms with Crippen molar-refractivity contribution in [1.29, 1.82) is 5.26 Å². The van der Waals surface area contributed by atoms with Gasteiger partial charge in [0.1, 0.15) is 23.3 Å². The molecule has 0 spiro atoms. The molecule has 0 amide bonds. The number of aromatic nitrogens is 4. The highest BCUT2D eigenvalue weighted by molar-refractivity contribution is 5.43. The van der Waals surface area contributed by atoms with E-state index in [-0.39, 0.29) is 12.1 Å². The standard InChI is InChI=1S/C22H28N6O2/c1-29-14-19-12-28(26-25-19)20-7-16-10-27(22-4-2-3-18(9-23)24-22)11-17(16)8-21(20)30-13-15-5-6-15/h2-4,12,15-17,20-21H,5-8,10-11,13-14H2,1H3/t16-,17+,20-,21-/m1/s1. The molecule has 3 heterocycles. The Labute approximate surface area is 176 Å². The molecule has 8 nitrogen and oxygen atoms in total. The topological polar surface area (TPSA) is 89.1 Å². The highest BCUT2D eigenvalue weighted by atomic mass is 16.5. The second kappa shape index (κ2) is 8.32. The number of methoxy groups -OCH3 is 1. The van der Waals surface area contributed by atoms with Gasteiger partial charge in [-0.2, -0.15) is 5.26 Å². The van der Waals surface area contributed by atoms with E-state index in [0.717, 1.165) is 50.0 Å². The fourth-order valence-corrected chi connectivity index (χ4v) is 4.93. The van der Waals surface area contributed by atoms with E-state index in [1.165, 1.54) is 12.8 Å². The first kappa shape index (κ1) is 19.5. The SMILES string of the molecule is COCc1cn([C@@H]2C[C@@H]3CN(c4cccc(C#N)n4)C[C@@H]3C[C@H]2OCC2CC2)nn1. The van der Waals surface area contributed by atoms with E-state index in [2.05, 4.69) is 26.3 Å². The van der Waals surface area contributed by atoms with Gasteiger partial charge < -0.3 is 14.4 Å². The van der Waals surface area contributed by atoms with E-state index in [0.29, 0.717) is 24.1 Å². The molecule has 0 bridgehead atoms. The lowest BCUT2D eigenvalue weighted by molar-refractivity contribution is -0.0375. The monoisotopic (exact) mass is 408 g/mol. The molecule has 5 rings (SSSR count). The molecule has 1 aliphatic heterocycles. The van der Waals surface area contributed by atoms with Crippen LogP contribution in [0.4, 0.5) is 5.82 Å². The van der Waals surface area contributed by atoms with Crippen molar-refractivity contribution in [2.75, 3.05) is 31.7 Å². The van der Waals surface area contributed by atoms with E-state index >= 15 is 0 Å². The van der Waals surface area contributed by atoms with Crippen molar-refractivity contribution in [3.8, 4) is 6.07 Å². The summed E-state index contributed by atoms with van der Waals surface area (Å²) in [4.78, 5) is 6.84. The first-order valence-electron chi connectivity index (χ1n) is 10.9. The maximum absolute atomic E-state index is 9.18. The predicted molar refractivity (Wildman–Crippen MR) is 110 cm³/mol. The number of pyridine rings is 1. The van der Waals surface area contributed by atoms with Crippen molar-refractivity contribution in [3.63, 3.8) is 0 Å². The van der Waals surface area contributed by atoms with Crippen molar-refractivity contribution in [2.24, 2.45) is 17.8 Å². The summed E-state index contributed by atoms with van der Waals surface area (Å²) in [5, 5.41) is 17.9. The van der Waals surface area contributed by atoms with Crippen LogP contribution in [0.3, 0.4) is 0 Å². The lowest BCUT2D eigenvalue weighted by Gasteiger charge is -2.37. The van der Waals surface area contributed by atoms with E-state index in [1.54, 1.807) is 13.2 Å². The van der Waals surface area contributed by atoms with Gasteiger partial charge in [-0.15, -0.1) is 5.10 Å². The summed E-state index contributed by atoms with van der Waals surface area (Å²) in [7, 11) is 1.67. The van der Waals surface area contributed by atoms with E-state index in [1.807, 2.05) is 23.0 Å². The van der Waals surface area contributed by atoms with Crippen molar-refractivity contribution in [2.45, 2.75) is 44.4 Å². The third-order valence-corrected chi connectivity index (χ3v) is 6.69. The Kier molecular flexibility index (Phi) is 5.40. The minimum atomic E-state index is 0.155. The minimum absolute atomic E-state index is 0.155. The van der Waals surface area contributed by atoms with Gasteiger partial charge >= 0.3 is 0 Å². The molecular formula is C22H28N6O2. The highest BCUT2D eigenvalue weighted by Crippen LogP contribution is 2.44. The number of ether oxygens (including phenoxy) is 2. The highest BCUT2D eigenvalue weighted by Gasteiger charge is 2.44. The van der Waals surface area contributed by atoms with E-state index in [9.17, 15) is 5.26 Å². The van der Waals surface area contributed by atoms with Crippen molar-refractivity contribution < 1.29 is 9.47 Å². The molecule has 2 aromatic heterocycles. The van der Waals surface area contributed by atoms with Gasteiger partial charge in [-0.1, -0.05) is 11.3 Å². The van der Waals surface area contributed by atoms with Gasteiger partial charge in [-0.3, -0.25) is 0 Å². The molecular weight excluding hydrogens is 380 g/mol. The van der Waals surface area contributed by atoms with Crippen LogP contribution < -0.4 is 4.90 Å². The van der Waals surface area contributed by atoms with Crippen LogP contribution in [0.1, 0.15) is 43.1 Å². The quantitative estimate of drug-likeness (QED) is 0.695. The fourth-order valence-electron chi connectivity index (χ4n) is 4.93. The Morgan fingerprint density at radius 1 is 1.20 bits per heavy atom. The number of hydrogen-bond acceptors (Lipinski definition) is 7. The van der Waals surface area contributed by atoms with Gasteiger partial charge in [0.05, 0.1) is 24.9 Å². The first-order chi connectivity index (χ1) is 14.7. The average molecular weight is 409 g/mol. The largest absolute Gasteiger partial charge is 0.378 e. The Hall–Kier alpha value is -2.50. The predicted octanol–water partition coefficient (Wildman–Crippen LogP) is 2.57. The van der Waals surface area contributed by atoms with Crippen LogP contribution in [0, 0.1) is 29.1 Å². The van der Waals surface area contributed by atoms with Gasteiger partial charge in [0, 0.05) is 26.8 Å². The molecule has 0 aromatic carbocycles. The van der Waals surface area contributed by atoms with E-state index < -0.39 is 0 Å². The van der Waals surface area contributed by atoms with Crippen molar-refractivity contribution in [3.05, 3.63) is 35.8 Å². The summed E-state index contributed by atoms with van der Waals surface area (Å²) < 4.78 is 13.6. The van der Waals surface area contributed by atoms with Crippen LogP contribution in [-0.2, 0) is 16.1 Å². The molecule has 2 aromatic rings. The summed E-state index contributed by atoms with van der Waals surface area (Å²) >= 11 is 0. The molecule has 158 valence electrons. The normalized spacial score (nSPS) is 28.3. The Morgan fingerprint density at radius 3 is 2.80 bits per heavy atom. The van der Waals surface area contributed by atoms with Crippen LogP contribution in [0.25, 0.3) is 0 Å². The second-order valence-electron chi connectivity index (χ2n) is 8.89. The molecule has 3 aliphatic rings. The Morgan fingerprint density at radius 2 is 2.03 bits per heavy atom. The van der Waals surface area contributed by atoms with Gasteiger partial charge in [0.15, 0.2) is 0 Å². The maximum atomic E-state index is 9.18. The molecule has 4 atom stereocenters. The van der Waals surface area contributed by atoms with Gasteiger partial charge in [-0.25, -0.2) is 9.67 Å². The number of hydrogen-bond donors (Lipinski definition) is 0. The van der Waals surface area contributed by atoms with Gasteiger partial charge in [-0.05, 0) is 55.6 Å². The van der Waals surface area contributed by atoms with Crippen LogP contribution in [0.15, 0.2) is 24.4 Å². The van der Waals surface area contributed by atoms with Crippen LogP contribution >= 0.6 is 0 Å². The van der Waals surface area contributed by atoms with Crippen molar-refractivity contribution >= 4 is 5.82 Å². The zero-order valence-corrected chi connectivity index (χ0v) is 17.4. The summed E-state index contributed by atoms with van der Waals surface area (Å²) in [6.07, 6.45) is 6.79. The zero-order chi connectivity index (χ0) is 20.5. The average Bonchev–Trinajstić information content (AvgIpc) is 3.32. The van der Waals surface area contributed by atoms with Gasteiger partial charge in [0.2, 0.25) is 0 Å². The summed E-state index contributed by atoms with van der Waals surface area (Å²) in [5.74, 6) is 2.76. The molecule has 0 radical (unpaired) electrons. The number of nitriles is 1. The number of rotatable bonds is 7.